The van der Waals surface area contributed by atoms with Crippen LogP contribution >= 0.6 is 0 Å². The molecule has 18 heavy (non-hydrogen) atoms. The maximum absolute atomic E-state index is 11.5. The Hall–Kier alpha value is -1.70. The Bertz CT molecular complexity index is 533. The summed E-state index contributed by atoms with van der Waals surface area (Å²) >= 11 is 0. The normalized spacial score (nSPS) is 11.7. The van der Waals surface area contributed by atoms with E-state index in [4.69, 9.17) is 15.0 Å². The van der Waals surface area contributed by atoms with Gasteiger partial charge >= 0.3 is 5.97 Å². The summed E-state index contributed by atoms with van der Waals surface area (Å²) in [5, 5.41) is 13.4. The molecule has 0 atom stereocenters. The molecule has 7 heteroatoms. The van der Waals surface area contributed by atoms with Crippen molar-refractivity contribution in [2.45, 2.75) is 4.90 Å². The first-order valence-electron chi connectivity index (χ1n) is 5.01. The van der Waals surface area contributed by atoms with E-state index in [0.717, 1.165) is 0 Å². The summed E-state index contributed by atoms with van der Waals surface area (Å²) in [6.07, 6.45) is 2.94. The van der Waals surface area contributed by atoms with E-state index in [1.165, 1.54) is 36.4 Å². The molecule has 0 bridgehead atoms. The molecule has 0 radical (unpaired) electrons. The number of aliphatic hydroxyl groups excluding tert-OH is 1. The Morgan fingerprint density at radius 1 is 1.28 bits per heavy atom. The number of ether oxygens (including phenoxy) is 1. The Kier molecular flexibility index (Phi) is 5.02. The monoisotopic (exact) mass is 271 g/mol. The number of sulfonamides is 1. The van der Waals surface area contributed by atoms with Crippen molar-refractivity contribution in [3.05, 3.63) is 42.0 Å². The van der Waals surface area contributed by atoms with Crippen molar-refractivity contribution in [1.29, 1.82) is 0 Å². The number of primary sulfonamides is 1. The Morgan fingerprint density at radius 2 is 1.89 bits per heavy atom. The number of esters is 1. The van der Waals surface area contributed by atoms with Gasteiger partial charge in [-0.15, -0.1) is 0 Å². The highest BCUT2D eigenvalue weighted by molar-refractivity contribution is 7.89. The van der Waals surface area contributed by atoms with E-state index in [1.54, 1.807) is 0 Å². The second-order valence-corrected chi connectivity index (χ2v) is 4.88. The van der Waals surface area contributed by atoms with Crippen LogP contribution in [-0.2, 0) is 14.8 Å². The van der Waals surface area contributed by atoms with Crippen LogP contribution in [0.15, 0.2) is 41.3 Å². The lowest BCUT2D eigenvalue weighted by Crippen LogP contribution is -2.12. The summed E-state index contributed by atoms with van der Waals surface area (Å²) in [7, 11) is -3.76. The van der Waals surface area contributed by atoms with E-state index in [0.29, 0.717) is 0 Å². The Morgan fingerprint density at radius 3 is 2.39 bits per heavy atom. The maximum Gasteiger partial charge on any atom is 0.338 e. The van der Waals surface area contributed by atoms with Crippen LogP contribution < -0.4 is 5.14 Å². The van der Waals surface area contributed by atoms with Crippen LogP contribution in [0, 0.1) is 0 Å². The number of hydrogen-bond donors (Lipinski definition) is 2. The molecule has 0 saturated heterocycles. The van der Waals surface area contributed by atoms with E-state index < -0.39 is 16.0 Å². The van der Waals surface area contributed by atoms with Crippen LogP contribution in [0.1, 0.15) is 10.4 Å². The van der Waals surface area contributed by atoms with Gasteiger partial charge in [-0.2, -0.15) is 0 Å². The van der Waals surface area contributed by atoms with E-state index in [9.17, 15) is 13.2 Å². The number of carbonyl (C=O) groups is 1. The quantitative estimate of drug-likeness (QED) is 0.581. The third-order valence-electron chi connectivity index (χ3n) is 2.00. The summed E-state index contributed by atoms with van der Waals surface area (Å²) in [5.74, 6) is -0.585. The van der Waals surface area contributed by atoms with E-state index in [-0.39, 0.29) is 23.7 Å². The average Bonchev–Trinajstić information content (AvgIpc) is 2.33. The fourth-order valence-corrected chi connectivity index (χ4v) is 1.65. The van der Waals surface area contributed by atoms with Crippen molar-refractivity contribution in [3.8, 4) is 0 Å². The number of hydrogen-bond acceptors (Lipinski definition) is 5. The first-order chi connectivity index (χ1) is 8.45. The highest BCUT2D eigenvalue weighted by Crippen LogP contribution is 2.09. The standard InChI is InChI=1S/C11H13NO5S/c12-18(15,16)10-5-3-9(4-6-10)11(14)17-8-2-1-7-13/h1-6,13H,7-8H2,(H2,12,15,16)/b2-1-. The minimum Gasteiger partial charge on any atom is -0.458 e. The predicted molar refractivity (Wildman–Crippen MR) is 64.3 cm³/mol. The van der Waals surface area contributed by atoms with Crippen molar-refractivity contribution in [1.82, 2.24) is 0 Å². The van der Waals surface area contributed by atoms with Gasteiger partial charge in [0.15, 0.2) is 0 Å². The number of rotatable bonds is 5. The van der Waals surface area contributed by atoms with E-state index >= 15 is 0 Å². The van der Waals surface area contributed by atoms with Crippen molar-refractivity contribution in [3.63, 3.8) is 0 Å². The summed E-state index contributed by atoms with van der Waals surface area (Å²) in [4.78, 5) is 11.4. The summed E-state index contributed by atoms with van der Waals surface area (Å²) in [6.45, 7) is -0.0864. The maximum atomic E-state index is 11.5. The molecule has 98 valence electrons. The lowest BCUT2D eigenvalue weighted by atomic mass is 10.2. The molecule has 3 N–H and O–H groups in total. The SMILES string of the molecule is NS(=O)(=O)c1ccc(C(=O)OC/C=C\CO)cc1. The summed E-state index contributed by atoms with van der Waals surface area (Å²) in [6, 6.07) is 5.10. The van der Waals surface area contributed by atoms with Crippen LogP contribution in [0.5, 0.6) is 0 Å². The second kappa shape index (κ2) is 6.29. The first kappa shape index (κ1) is 14.4. The highest BCUT2D eigenvalue weighted by Gasteiger charge is 2.10. The molecule has 0 fully saturated rings. The van der Waals surface area contributed by atoms with Crippen LogP contribution in [0.25, 0.3) is 0 Å². The van der Waals surface area contributed by atoms with Crippen molar-refractivity contribution >= 4 is 16.0 Å². The lowest BCUT2D eigenvalue weighted by molar-refractivity contribution is 0.0549. The number of carbonyl (C=O) groups excluding carboxylic acids is 1. The second-order valence-electron chi connectivity index (χ2n) is 3.32. The first-order valence-corrected chi connectivity index (χ1v) is 6.55. The van der Waals surface area contributed by atoms with E-state index in [2.05, 4.69) is 0 Å². The van der Waals surface area contributed by atoms with Crippen molar-refractivity contribution in [2.75, 3.05) is 13.2 Å². The molecule has 1 rings (SSSR count). The summed E-state index contributed by atoms with van der Waals surface area (Å²) in [5.41, 5.74) is 0.222. The van der Waals surface area contributed by atoms with Gasteiger partial charge < -0.3 is 9.84 Å². The fourth-order valence-electron chi connectivity index (χ4n) is 1.13. The minimum atomic E-state index is -3.76. The average molecular weight is 271 g/mol. The molecule has 0 aromatic heterocycles. The topological polar surface area (TPSA) is 107 Å². The number of nitrogens with two attached hydrogens (primary N) is 1. The minimum absolute atomic E-state index is 0.0380. The van der Waals surface area contributed by atoms with Crippen molar-refractivity contribution < 1.29 is 23.1 Å². The van der Waals surface area contributed by atoms with Crippen LogP contribution in [0.4, 0.5) is 0 Å². The van der Waals surface area contributed by atoms with Gasteiger partial charge in [0.1, 0.15) is 6.61 Å². The molecule has 0 aliphatic rings. The highest BCUT2D eigenvalue weighted by atomic mass is 32.2. The third-order valence-corrected chi connectivity index (χ3v) is 2.93. The molecule has 6 nitrogen and oxygen atoms in total. The third kappa shape index (κ3) is 4.28. The fraction of sp³-hybridized carbons (Fsp3) is 0.182. The molecule has 0 saturated carbocycles. The van der Waals surface area contributed by atoms with Gasteiger partial charge in [-0.3, -0.25) is 0 Å². The van der Waals surface area contributed by atoms with Gasteiger partial charge in [-0.05, 0) is 30.3 Å². The van der Waals surface area contributed by atoms with Gasteiger partial charge in [-0.1, -0.05) is 6.08 Å². The molecular formula is C11H13NO5S. The number of aliphatic hydroxyl groups is 1. The molecule has 0 amide bonds. The van der Waals surface area contributed by atoms with E-state index in [1.807, 2.05) is 0 Å². The van der Waals surface area contributed by atoms with Crippen molar-refractivity contribution in [2.24, 2.45) is 5.14 Å². The molecule has 0 aliphatic carbocycles. The molecule has 1 aromatic carbocycles. The van der Waals surface area contributed by atoms with Gasteiger partial charge in [0, 0.05) is 0 Å². The molecular weight excluding hydrogens is 258 g/mol. The van der Waals surface area contributed by atoms with Gasteiger partial charge in [0.05, 0.1) is 17.1 Å². The zero-order valence-electron chi connectivity index (χ0n) is 9.44. The van der Waals surface area contributed by atoms with Crippen LogP contribution in [0.3, 0.4) is 0 Å². The van der Waals surface area contributed by atoms with Gasteiger partial charge in [0.2, 0.25) is 10.0 Å². The molecule has 0 heterocycles. The van der Waals surface area contributed by atoms with Gasteiger partial charge in [-0.25, -0.2) is 18.4 Å². The molecule has 0 aliphatic heterocycles. The Labute approximate surface area is 105 Å². The molecule has 1 aromatic rings. The zero-order chi connectivity index (χ0) is 13.6. The zero-order valence-corrected chi connectivity index (χ0v) is 10.3. The summed E-state index contributed by atoms with van der Waals surface area (Å²) < 4.78 is 26.8. The van der Waals surface area contributed by atoms with Crippen LogP contribution in [-0.4, -0.2) is 32.7 Å². The predicted octanol–water partition coefficient (Wildman–Crippen LogP) is 0.0393. The lowest BCUT2D eigenvalue weighted by Gasteiger charge is -2.03. The molecule has 0 unspecified atom stereocenters. The van der Waals surface area contributed by atoms with Crippen LogP contribution in [0.2, 0.25) is 0 Å². The largest absolute Gasteiger partial charge is 0.458 e. The smallest absolute Gasteiger partial charge is 0.338 e. The van der Waals surface area contributed by atoms with Gasteiger partial charge in [0.25, 0.3) is 0 Å². The molecule has 0 spiro atoms. The number of benzene rings is 1. The Balaban J connectivity index is 2.68.